The lowest BCUT2D eigenvalue weighted by molar-refractivity contribution is 0.171. The highest BCUT2D eigenvalue weighted by Gasteiger charge is 2.36. The molecule has 2 aromatic rings. The molecule has 0 saturated carbocycles. The second-order valence-corrected chi connectivity index (χ2v) is 9.12. The topological polar surface area (TPSA) is 73.7 Å². The van der Waals surface area contributed by atoms with Crippen molar-refractivity contribution in [2.75, 3.05) is 19.8 Å². The quantitative estimate of drug-likeness (QED) is 0.775. The Morgan fingerprint density at radius 2 is 1.93 bits per heavy atom. The Morgan fingerprint density at radius 3 is 2.67 bits per heavy atom. The summed E-state index contributed by atoms with van der Waals surface area (Å²) in [5.41, 5.74) is 0.613. The first-order chi connectivity index (χ1) is 13.0. The number of rotatable bonds is 3. The Bertz CT molecular complexity index is 944. The largest absolute Gasteiger partial charge is 0.486 e. The molecule has 0 N–H and O–H groups in total. The lowest BCUT2D eigenvalue weighted by Gasteiger charge is -2.29. The highest BCUT2D eigenvalue weighted by Crippen LogP contribution is 2.39. The normalized spacial score (nSPS) is 21.0. The van der Waals surface area contributed by atoms with E-state index in [9.17, 15) is 8.42 Å². The maximum Gasteiger partial charge on any atom is 0.243 e. The molecule has 0 radical (unpaired) electrons. The predicted molar refractivity (Wildman–Crippen MR) is 101 cm³/mol. The highest BCUT2D eigenvalue weighted by atomic mass is 35.5. The number of benzene rings is 1. The van der Waals surface area contributed by atoms with Gasteiger partial charge in [0.15, 0.2) is 11.5 Å². The smallest absolute Gasteiger partial charge is 0.243 e. The van der Waals surface area contributed by atoms with Crippen LogP contribution >= 0.6 is 11.6 Å². The zero-order valence-corrected chi connectivity index (χ0v) is 16.7. The molecule has 0 aliphatic carbocycles. The number of ether oxygens (including phenoxy) is 2. The number of sulfonamides is 1. The molecule has 27 heavy (non-hydrogen) atoms. The van der Waals surface area contributed by atoms with Crippen molar-refractivity contribution >= 4 is 21.6 Å². The van der Waals surface area contributed by atoms with Gasteiger partial charge in [-0.25, -0.2) is 8.42 Å². The average Bonchev–Trinajstić information content (AvgIpc) is 2.86. The van der Waals surface area contributed by atoms with E-state index in [1.54, 1.807) is 40.4 Å². The molecule has 7 nitrogen and oxygen atoms in total. The molecule has 0 amide bonds. The van der Waals surface area contributed by atoms with Gasteiger partial charge in [-0.3, -0.25) is 4.68 Å². The standard InChI is InChI=1S/C18H22ClN3O4S/c1-21-12-14(19)18(20-21)15-5-3-2-4-8-22(15)27(23,24)13-6-7-16-17(11-13)26-10-9-25-16/h6-7,11-12,15H,2-5,8-10H2,1H3. The molecule has 1 aromatic carbocycles. The third-order valence-electron chi connectivity index (χ3n) is 4.95. The third kappa shape index (κ3) is 3.53. The van der Waals surface area contributed by atoms with Crippen molar-refractivity contribution in [2.45, 2.75) is 36.6 Å². The Balaban J connectivity index is 1.74. The van der Waals surface area contributed by atoms with E-state index >= 15 is 0 Å². The number of fused-ring (bicyclic) bond motifs is 1. The number of hydrogen-bond acceptors (Lipinski definition) is 5. The molecular formula is C18H22ClN3O4S. The van der Waals surface area contributed by atoms with Gasteiger partial charge in [-0.15, -0.1) is 0 Å². The summed E-state index contributed by atoms with van der Waals surface area (Å²) >= 11 is 6.35. The Kier molecular flexibility index (Phi) is 5.05. The van der Waals surface area contributed by atoms with Gasteiger partial charge in [0.1, 0.15) is 13.2 Å². The van der Waals surface area contributed by atoms with Crippen LogP contribution in [0.3, 0.4) is 0 Å². The minimum atomic E-state index is -3.73. The molecule has 1 atom stereocenters. The van der Waals surface area contributed by atoms with E-state index in [0.717, 1.165) is 19.3 Å². The van der Waals surface area contributed by atoms with Gasteiger partial charge in [0.05, 0.1) is 21.7 Å². The van der Waals surface area contributed by atoms with Crippen molar-refractivity contribution in [1.82, 2.24) is 14.1 Å². The summed E-state index contributed by atoms with van der Waals surface area (Å²) in [6.07, 6.45) is 5.13. The molecule has 1 fully saturated rings. The Hall–Kier alpha value is -1.77. The maximum atomic E-state index is 13.5. The fourth-order valence-corrected chi connectivity index (χ4v) is 5.65. The fraction of sp³-hybridized carbons (Fsp3) is 0.500. The number of nitrogens with zero attached hydrogens (tertiary/aromatic N) is 3. The van der Waals surface area contributed by atoms with Crippen LogP contribution in [0.25, 0.3) is 0 Å². The summed E-state index contributed by atoms with van der Waals surface area (Å²) in [4.78, 5) is 0.200. The maximum absolute atomic E-state index is 13.5. The van der Waals surface area contributed by atoms with Crippen LogP contribution in [0.15, 0.2) is 29.3 Å². The lowest BCUT2D eigenvalue weighted by Crippen LogP contribution is -2.35. The number of aromatic nitrogens is 2. The Labute approximate surface area is 163 Å². The van der Waals surface area contributed by atoms with E-state index in [1.165, 1.54) is 0 Å². The van der Waals surface area contributed by atoms with Gasteiger partial charge in [0.2, 0.25) is 10.0 Å². The highest BCUT2D eigenvalue weighted by molar-refractivity contribution is 7.89. The molecule has 2 aliphatic heterocycles. The predicted octanol–water partition coefficient (Wildman–Crippen LogP) is 3.15. The van der Waals surface area contributed by atoms with Crippen LogP contribution in [0, 0.1) is 0 Å². The Morgan fingerprint density at radius 1 is 1.15 bits per heavy atom. The van der Waals surface area contributed by atoms with Gasteiger partial charge >= 0.3 is 0 Å². The lowest BCUT2D eigenvalue weighted by atomic mass is 10.1. The van der Waals surface area contributed by atoms with Crippen molar-refractivity contribution < 1.29 is 17.9 Å². The van der Waals surface area contributed by atoms with Gasteiger partial charge in [-0.1, -0.05) is 24.4 Å². The fourth-order valence-electron chi connectivity index (χ4n) is 3.66. The molecular weight excluding hydrogens is 390 g/mol. The molecule has 9 heteroatoms. The molecule has 0 bridgehead atoms. The molecule has 2 aliphatic rings. The zero-order valence-electron chi connectivity index (χ0n) is 15.1. The van der Waals surface area contributed by atoms with Crippen molar-refractivity contribution in [1.29, 1.82) is 0 Å². The van der Waals surface area contributed by atoms with Gasteiger partial charge < -0.3 is 9.47 Å². The van der Waals surface area contributed by atoms with E-state index in [1.807, 2.05) is 0 Å². The van der Waals surface area contributed by atoms with Gasteiger partial charge in [-0.2, -0.15) is 9.40 Å². The van der Waals surface area contributed by atoms with Crippen molar-refractivity contribution in [3.63, 3.8) is 0 Å². The third-order valence-corrected chi connectivity index (χ3v) is 7.15. The second kappa shape index (κ2) is 7.33. The van der Waals surface area contributed by atoms with Crippen LogP contribution in [0.5, 0.6) is 11.5 Å². The summed E-state index contributed by atoms with van der Waals surface area (Å²) in [7, 11) is -1.95. The first-order valence-corrected chi connectivity index (χ1v) is 10.9. The second-order valence-electron chi connectivity index (χ2n) is 6.82. The summed E-state index contributed by atoms with van der Waals surface area (Å²) < 4.78 is 41.2. The minimum absolute atomic E-state index is 0.200. The average molecular weight is 412 g/mol. The summed E-state index contributed by atoms with van der Waals surface area (Å²) in [5.74, 6) is 1.03. The molecule has 146 valence electrons. The van der Waals surface area contributed by atoms with Crippen LogP contribution in [-0.4, -0.2) is 42.3 Å². The van der Waals surface area contributed by atoms with E-state index in [2.05, 4.69) is 5.10 Å². The monoisotopic (exact) mass is 411 g/mol. The SMILES string of the molecule is Cn1cc(Cl)c(C2CCCCCN2S(=O)(=O)c2ccc3c(c2)OCCO3)n1. The van der Waals surface area contributed by atoms with E-state index in [4.69, 9.17) is 21.1 Å². The molecule has 0 spiro atoms. The van der Waals surface area contributed by atoms with E-state index in [-0.39, 0.29) is 10.9 Å². The van der Waals surface area contributed by atoms with Gasteiger partial charge in [-0.05, 0) is 25.0 Å². The number of hydrogen-bond donors (Lipinski definition) is 0. The van der Waals surface area contributed by atoms with Crippen LogP contribution in [0.4, 0.5) is 0 Å². The molecule has 3 heterocycles. The first-order valence-electron chi connectivity index (χ1n) is 9.07. The van der Waals surface area contributed by atoms with Crippen LogP contribution in [0.1, 0.15) is 37.4 Å². The van der Waals surface area contributed by atoms with Crippen LogP contribution in [-0.2, 0) is 17.1 Å². The number of halogens is 1. The number of aryl methyl sites for hydroxylation is 1. The molecule has 1 aromatic heterocycles. The zero-order chi connectivity index (χ0) is 19.0. The van der Waals surface area contributed by atoms with E-state index < -0.39 is 10.0 Å². The summed E-state index contributed by atoms with van der Waals surface area (Å²) in [6, 6.07) is 4.40. The summed E-state index contributed by atoms with van der Waals surface area (Å²) in [6.45, 7) is 1.31. The van der Waals surface area contributed by atoms with Gasteiger partial charge in [0.25, 0.3) is 0 Å². The van der Waals surface area contributed by atoms with Gasteiger partial charge in [0, 0.05) is 25.9 Å². The molecule has 1 saturated heterocycles. The van der Waals surface area contributed by atoms with E-state index in [0.29, 0.717) is 48.4 Å². The summed E-state index contributed by atoms with van der Waals surface area (Å²) in [5, 5.41) is 4.93. The molecule has 1 unspecified atom stereocenters. The first kappa shape index (κ1) is 18.6. The minimum Gasteiger partial charge on any atom is -0.486 e. The molecule has 4 rings (SSSR count). The van der Waals surface area contributed by atoms with Crippen molar-refractivity contribution in [3.8, 4) is 11.5 Å². The van der Waals surface area contributed by atoms with Crippen molar-refractivity contribution in [3.05, 3.63) is 35.1 Å². The van der Waals surface area contributed by atoms with Crippen LogP contribution < -0.4 is 9.47 Å². The van der Waals surface area contributed by atoms with Crippen LogP contribution in [0.2, 0.25) is 5.02 Å². The van der Waals surface area contributed by atoms with Crippen molar-refractivity contribution in [2.24, 2.45) is 7.05 Å².